The highest BCUT2D eigenvalue weighted by atomic mass is 35.5. The number of rotatable bonds is 6. The quantitative estimate of drug-likeness (QED) is 0.285. The summed E-state index contributed by atoms with van der Waals surface area (Å²) >= 11 is 5.92. The van der Waals surface area contributed by atoms with E-state index in [0.717, 1.165) is 11.6 Å². The number of halogens is 1. The van der Waals surface area contributed by atoms with Crippen LogP contribution in [0.15, 0.2) is 51.5 Å². The van der Waals surface area contributed by atoms with E-state index in [-0.39, 0.29) is 28.3 Å². The maximum absolute atomic E-state index is 11.6. The summed E-state index contributed by atoms with van der Waals surface area (Å²) in [5, 5.41) is 11.1. The molecular weight excluding hydrogens is 430 g/mol. The normalized spacial score (nSPS) is 11.7. The molecule has 2 aromatic carbocycles. The summed E-state index contributed by atoms with van der Waals surface area (Å²) in [6.07, 6.45) is 0.529. The van der Waals surface area contributed by atoms with Crippen LogP contribution in [-0.2, 0) is 16.5 Å². The molecule has 0 saturated heterocycles. The Balaban J connectivity index is 2.08. The molecule has 0 aliphatic heterocycles. The topological polar surface area (TPSA) is 156 Å². The van der Waals surface area contributed by atoms with Crippen LogP contribution in [0.2, 0.25) is 5.28 Å². The van der Waals surface area contributed by atoms with Gasteiger partial charge in [-0.2, -0.15) is 23.5 Å². The fourth-order valence-corrected chi connectivity index (χ4v) is 3.24. The Kier molecular flexibility index (Phi) is 6.25. The number of benzene rings is 2. The van der Waals surface area contributed by atoms with Gasteiger partial charge in [-0.05, 0) is 42.8 Å². The van der Waals surface area contributed by atoms with Crippen LogP contribution in [-0.4, -0.2) is 27.9 Å². The zero-order valence-electron chi connectivity index (χ0n) is 16.0. The van der Waals surface area contributed by atoms with Gasteiger partial charge in [0, 0.05) is 6.42 Å². The molecule has 1 heterocycles. The number of anilines is 3. The van der Waals surface area contributed by atoms with Crippen molar-refractivity contribution < 1.29 is 13.0 Å². The predicted molar refractivity (Wildman–Crippen MR) is 114 cm³/mol. The van der Waals surface area contributed by atoms with Crippen molar-refractivity contribution >= 4 is 50.4 Å². The zero-order chi connectivity index (χ0) is 21.9. The first-order valence-corrected chi connectivity index (χ1v) is 10.5. The summed E-state index contributed by atoms with van der Waals surface area (Å²) < 4.78 is 32.7. The minimum absolute atomic E-state index is 0.00490. The molecular formula is C18H18ClN7O3S. The van der Waals surface area contributed by atoms with Gasteiger partial charge >= 0.3 is 0 Å². The second-order valence-corrected chi connectivity index (χ2v) is 7.97. The van der Waals surface area contributed by atoms with Crippen LogP contribution in [0.5, 0.6) is 0 Å². The molecule has 0 amide bonds. The molecule has 4 N–H and O–H groups in total. The Morgan fingerprint density at radius 2 is 1.83 bits per heavy atom. The van der Waals surface area contributed by atoms with Crippen LogP contribution in [0, 0.1) is 6.92 Å². The summed E-state index contributed by atoms with van der Waals surface area (Å²) in [4.78, 5) is 11.7. The summed E-state index contributed by atoms with van der Waals surface area (Å²) in [5.74, 6) is 0.584. The molecule has 0 bridgehead atoms. The van der Waals surface area contributed by atoms with Crippen LogP contribution in [0.4, 0.5) is 28.7 Å². The van der Waals surface area contributed by atoms with E-state index in [1.165, 1.54) is 6.07 Å². The first-order chi connectivity index (χ1) is 14.2. The van der Waals surface area contributed by atoms with Gasteiger partial charge in [0.1, 0.15) is 16.4 Å². The molecule has 30 heavy (non-hydrogen) atoms. The van der Waals surface area contributed by atoms with Gasteiger partial charge in [-0.3, -0.25) is 4.55 Å². The lowest BCUT2D eigenvalue weighted by Crippen LogP contribution is -2.06. The van der Waals surface area contributed by atoms with Crippen molar-refractivity contribution in [3.8, 4) is 0 Å². The van der Waals surface area contributed by atoms with Crippen LogP contribution >= 0.6 is 11.6 Å². The second kappa shape index (κ2) is 8.69. The smallest absolute Gasteiger partial charge is 0.296 e. The second-order valence-electron chi connectivity index (χ2n) is 6.24. The van der Waals surface area contributed by atoms with Gasteiger partial charge in [0.2, 0.25) is 11.2 Å². The van der Waals surface area contributed by atoms with Gasteiger partial charge < -0.3 is 11.1 Å². The average molecular weight is 448 g/mol. The largest absolute Gasteiger partial charge is 0.398 e. The molecule has 156 valence electrons. The van der Waals surface area contributed by atoms with Gasteiger partial charge in [0.25, 0.3) is 10.1 Å². The molecule has 0 radical (unpaired) electrons. The summed E-state index contributed by atoms with van der Waals surface area (Å²) in [7, 11) is -4.57. The molecule has 0 spiro atoms. The Morgan fingerprint density at radius 1 is 1.13 bits per heavy atom. The van der Waals surface area contributed by atoms with Crippen molar-refractivity contribution in [3.63, 3.8) is 0 Å². The number of aromatic nitrogens is 3. The van der Waals surface area contributed by atoms with E-state index in [0.29, 0.717) is 17.9 Å². The molecule has 0 saturated carbocycles. The lowest BCUT2D eigenvalue weighted by molar-refractivity contribution is 0.483. The third kappa shape index (κ3) is 5.26. The van der Waals surface area contributed by atoms with Crippen LogP contribution in [0.1, 0.15) is 18.3 Å². The highest BCUT2D eigenvalue weighted by Crippen LogP contribution is 2.35. The molecule has 3 aromatic rings. The highest BCUT2D eigenvalue weighted by Gasteiger charge is 2.18. The number of nitrogen functional groups attached to an aromatic ring is 1. The Labute approximate surface area is 178 Å². The van der Waals surface area contributed by atoms with Crippen molar-refractivity contribution in [2.75, 3.05) is 11.1 Å². The fraction of sp³-hybridized carbons (Fsp3) is 0.167. The van der Waals surface area contributed by atoms with E-state index in [9.17, 15) is 13.0 Å². The van der Waals surface area contributed by atoms with E-state index in [1.807, 2.05) is 26.0 Å². The molecule has 10 nitrogen and oxygen atoms in total. The average Bonchev–Trinajstić information content (AvgIpc) is 2.67. The van der Waals surface area contributed by atoms with Crippen molar-refractivity contribution in [1.82, 2.24) is 15.0 Å². The van der Waals surface area contributed by atoms with Gasteiger partial charge in [-0.1, -0.05) is 24.6 Å². The number of azo groups is 1. The van der Waals surface area contributed by atoms with Crippen LogP contribution < -0.4 is 11.1 Å². The van der Waals surface area contributed by atoms with Gasteiger partial charge in [-0.15, -0.1) is 5.11 Å². The van der Waals surface area contributed by atoms with E-state index in [1.54, 1.807) is 12.1 Å². The molecule has 0 unspecified atom stereocenters. The minimum Gasteiger partial charge on any atom is -0.398 e. The third-order valence-corrected chi connectivity index (χ3v) is 5.01. The Hall–Kier alpha value is -3.15. The van der Waals surface area contributed by atoms with E-state index in [4.69, 9.17) is 17.3 Å². The molecule has 0 aliphatic rings. The first kappa shape index (κ1) is 21.6. The van der Waals surface area contributed by atoms with Crippen molar-refractivity contribution in [1.29, 1.82) is 0 Å². The van der Waals surface area contributed by atoms with E-state index in [2.05, 4.69) is 30.5 Å². The number of aryl methyl sites for hydroxylation is 2. The van der Waals surface area contributed by atoms with Crippen molar-refractivity contribution in [2.24, 2.45) is 10.2 Å². The lowest BCUT2D eigenvalue weighted by atomic mass is 10.2. The van der Waals surface area contributed by atoms with Crippen LogP contribution in [0.3, 0.4) is 0 Å². The molecule has 1 aromatic heterocycles. The van der Waals surface area contributed by atoms with Gasteiger partial charge in [0.05, 0.1) is 17.1 Å². The standard InChI is InChI=1S/C18H18ClN7O3S/c1-3-16-22-17(19)24-18(23-16)21-13-8-12(20)15(30(27,28)29)9-14(13)26-25-11-6-4-10(2)5-7-11/h4-9H,3,20H2,1-2H3,(H,27,28,29)(H,21,22,23,24). The fourth-order valence-electron chi connectivity index (χ4n) is 2.44. The number of nitrogens with zero attached hydrogens (tertiary/aromatic N) is 5. The molecule has 3 rings (SSSR count). The lowest BCUT2D eigenvalue weighted by Gasteiger charge is -2.11. The first-order valence-electron chi connectivity index (χ1n) is 8.72. The molecule has 12 heteroatoms. The SMILES string of the molecule is CCc1nc(Cl)nc(Nc2cc(N)c(S(=O)(=O)O)cc2N=Nc2ccc(C)cc2)n1. The zero-order valence-corrected chi connectivity index (χ0v) is 17.6. The predicted octanol–water partition coefficient (Wildman–Crippen LogP) is 4.38. The van der Waals surface area contributed by atoms with E-state index >= 15 is 0 Å². The third-order valence-electron chi connectivity index (χ3n) is 3.93. The maximum atomic E-state index is 11.6. The Bertz CT molecular complexity index is 1220. The maximum Gasteiger partial charge on any atom is 0.296 e. The highest BCUT2D eigenvalue weighted by molar-refractivity contribution is 7.86. The monoisotopic (exact) mass is 447 g/mol. The van der Waals surface area contributed by atoms with Crippen molar-refractivity contribution in [3.05, 3.63) is 53.1 Å². The van der Waals surface area contributed by atoms with Crippen LogP contribution in [0.25, 0.3) is 0 Å². The summed E-state index contributed by atoms with van der Waals surface area (Å²) in [6.45, 7) is 3.79. The summed E-state index contributed by atoms with van der Waals surface area (Å²) in [5.41, 5.74) is 7.57. The Morgan fingerprint density at radius 3 is 2.47 bits per heavy atom. The number of nitrogens with one attached hydrogen (secondary N) is 1. The molecule has 0 atom stereocenters. The van der Waals surface area contributed by atoms with Crippen molar-refractivity contribution in [2.45, 2.75) is 25.2 Å². The number of hydrogen-bond acceptors (Lipinski definition) is 9. The van der Waals surface area contributed by atoms with Gasteiger partial charge in [-0.25, -0.2) is 4.98 Å². The minimum atomic E-state index is -4.57. The summed E-state index contributed by atoms with van der Waals surface area (Å²) in [6, 6.07) is 9.63. The van der Waals surface area contributed by atoms with Gasteiger partial charge in [0.15, 0.2) is 0 Å². The molecule has 0 aliphatic carbocycles. The number of nitrogens with two attached hydrogens (primary N) is 1. The number of hydrogen-bond donors (Lipinski definition) is 3. The van der Waals surface area contributed by atoms with E-state index < -0.39 is 15.0 Å². The molecule has 0 fully saturated rings.